The maximum atomic E-state index is 13.2. The Kier molecular flexibility index (Phi) is 5.29. The summed E-state index contributed by atoms with van der Waals surface area (Å²) in [6, 6.07) is 14.1. The van der Waals surface area contributed by atoms with E-state index in [-0.39, 0.29) is 17.7 Å². The van der Waals surface area contributed by atoms with Crippen molar-refractivity contribution < 1.29 is 14.5 Å². The van der Waals surface area contributed by atoms with Gasteiger partial charge in [0.05, 0.1) is 29.2 Å². The van der Waals surface area contributed by atoms with Gasteiger partial charge in [0.15, 0.2) is 0 Å². The number of morpholine rings is 1. The number of rotatable bonds is 3. The smallest absolute Gasteiger partial charge is 0.270 e. The lowest BCUT2D eigenvalue weighted by Crippen LogP contribution is -2.56. The zero-order valence-corrected chi connectivity index (χ0v) is 16.7. The normalized spacial score (nSPS) is 19.2. The monoisotopic (exact) mass is 466 g/mol. The molecular weight excluding hydrogens is 447 g/mol. The summed E-state index contributed by atoms with van der Waals surface area (Å²) < 4.78 is 6.56. The minimum Gasteiger partial charge on any atom is -0.369 e. The van der Waals surface area contributed by atoms with Gasteiger partial charge >= 0.3 is 0 Å². The molecule has 1 aliphatic rings. The molecule has 3 rings (SSSR count). The van der Waals surface area contributed by atoms with Gasteiger partial charge in [0.2, 0.25) is 0 Å². The van der Waals surface area contributed by atoms with Gasteiger partial charge in [0, 0.05) is 15.7 Å². The molecule has 1 atom stereocenters. The van der Waals surface area contributed by atoms with E-state index in [1.807, 2.05) is 66.8 Å². The van der Waals surface area contributed by atoms with E-state index in [0.29, 0.717) is 22.3 Å². The summed E-state index contributed by atoms with van der Waals surface area (Å²) in [5, 5.41) is 10.9. The summed E-state index contributed by atoms with van der Waals surface area (Å²) in [7, 11) is 0. The molecule has 1 fully saturated rings. The Balaban J connectivity index is 1.89. The molecule has 1 amide bonds. The van der Waals surface area contributed by atoms with Crippen LogP contribution in [0.25, 0.3) is 0 Å². The van der Waals surface area contributed by atoms with E-state index in [0.717, 1.165) is 5.56 Å². The highest BCUT2D eigenvalue weighted by atomic mass is 127. The minimum atomic E-state index is -0.465. The molecule has 1 heterocycles. The zero-order valence-electron chi connectivity index (χ0n) is 14.5. The van der Waals surface area contributed by atoms with Gasteiger partial charge in [-0.25, -0.2) is 0 Å². The van der Waals surface area contributed by atoms with Crippen LogP contribution < -0.4 is 0 Å². The fraction of sp³-hybridized carbons (Fsp3) is 0.316. The van der Waals surface area contributed by atoms with Crippen molar-refractivity contribution >= 4 is 34.2 Å². The highest BCUT2D eigenvalue weighted by Crippen LogP contribution is 2.32. The van der Waals surface area contributed by atoms with Crippen molar-refractivity contribution in [1.82, 2.24) is 4.90 Å². The van der Waals surface area contributed by atoms with Crippen molar-refractivity contribution in [3.05, 3.63) is 73.3 Å². The molecule has 1 saturated heterocycles. The number of non-ortho nitro benzene ring substituents is 1. The lowest BCUT2D eigenvalue weighted by molar-refractivity contribution is -0.384. The van der Waals surface area contributed by atoms with Crippen molar-refractivity contribution in [2.24, 2.45) is 0 Å². The number of halogens is 1. The molecule has 0 N–H and O–H groups in total. The van der Waals surface area contributed by atoms with E-state index in [9.17, 15) is 14.9 Å². The predicted molar refractivity (Wildman–Crippen MR) is 106 cm³/mol. The molecule has 1 unspecified atom stereocenters. The Morgan fingerprint density at radius 3 is 2.58 bits per heavy atom. The van der Waals surface area contributed by atoms with E-state index >= 15 is 0 Å². The van der Waals surface area contributed by atoms with Gasteiger partial charge in [-0.3, -0.25) is 14.9 Å². The second-order valence-electron chi connectivity index (χ2n) is 6.86. The number of ether oxygens (including phenoxy) is 1. The van der Waals surface area contributed by atoms with E-state index < -0.39 is 10.5 Å². The molecule has 6 nitrogen and oxygen atoms in total. The molecule has 0 bridgehead atoms. The van der Waals surface area contributed by atoms with Crippen LogP contribution in [-0.2, 0) is 4.74 Å². The number of amides is 1. The molecule has 0 aromatic heterocycles. The third-order valence-corrected chi connectivity index (χ3v) is 5.42. The lowest BCUT2D eigenvalue weighted by Gasteiger charge is -2.45. The number of nitro groups is 1. The molecule has 136 valence electrons. The van der Waals surface area contributed by atoms with Crippen LogP contribution in [0.1, 0.15) is 35.9 Å². The van der Waals surface area contributed by atoms with Crippen molar-refractivity contribution in [3.63, 3.8) is 0 Å². The second-order valence-corrected chi connectivity index (χ2v) is 8.02. The molecule has 2 aromatic carbocycles. The predicted octanol–water partition coefficient (Wildman–Crippen LogP) is 4.19. The van der Waals surface area contributed by atoms with Gasteiger partial charge in [-0.1, -0.05) is 30.3 Å². The van der Waals surface area contributed by atoms with Crippen molar-refractivity contribution in [2.75, 3.05) is 13.2 Å². The summed E-state index contributed by atoms with van der Waals surface area (Å²) in [6.45, 7) is 4.78. The van der Waals surface area contributed by atoms with E-state index in [1.165, 1.54) is 18.2 Å². The van der Waals surface area contributed by atoms with Crippen molar-refractivity contribution in [2.45, 2.75) is 25.5 Å². The van der Waals surface area contributed by atoms with Crippen LogP contribution >= 0.6 is 22.6 Å². The average Bonchev–Trinajstić information content (AvgIpc) is 2.61. The lowest BCUT2D eigenvalue weighted by atomic mass is 9.97. The molecule has 0 aliphatic carbocycles. The van der Waals surface area contributed by atoms with Gasteiger partial charge in [0.25, 0.3) is 11.6 Å². The third-order valence-electron chi connectivity index (χ3n) is 4.53. The standard InChI is InChI=1S/C19H19IN2O4/c1-19(2)12-26-17(13-6-4-3-5-7-13)11-21(19)18(23)15-9-8-14(22(24)25)10-16(15)20/h3-10,17H,11-12H2,1-2H3. The van der Waals surface area contributed by atoms with Gasteiger partial charge in [-0.2, -0.15) is 0 Å². The molecule has 2 aromatic rings. The minimum absolute atomic E-state index is 0.0191. The number of nitro benzene ring substituents is 1. The highest BCUT2D eigenvalue weighted by Gasteiger charge is 2.39. The summed E-state index contributed by atoms with van der Waals surface area (Å²) >= 11 is 1.98. The number of carbonyl (C=O) groups is 1. The Bertz CT molecular complexity index is 839. The van der Waals surface area contributed by atoms with Crippen LogP contribution in [0.15, 0.2) is 48.5 Å². The highest BCUT2D eigenvalue weighted by molar-refractivity contribution is 14.1. The maximum absolute atomic E-state index is 13.2. The molecule has 26 heavy (non-hydrogen) atoms. The van der Waals surface area contributed by atoms with Gasteiger partial charge in [0.1, 0.15) is 6.10 Å². The topological polar surface area (TPSA) is 72.7 Å². The first-order valence-electron chi connectivity index (χ1n) is 8.22. The average molecular weight is 466 g/mol. The van der Waals surface area contributed by atoms with Gasteiger partial charge < -0.3 is 9.64 Å². The summed E-state index contributed by atoms with van der Waals surface area (Å²) in [4.78, 5) is 25.5. The Hall–Kier alpha value is -2.00. The van der Waals surface area contributed by atoms with E-state index in [2.05, 4.69) is 0 Å². The Labute approximate surface area is 165 Å². The van der Waals surface area contributed by atoms with Gasteiger partial charge in [-0.15, -0.1) is 0 Å². The molecule has 0 radical (unpaired) electrons. The Morgan fingerprint density at radius 1 is 1.27 bits per heavy atom. The summed E-state index contributed by atoms with van der Waals surface area (Å²) in [5.74, 6) is -0.140. The van der Waals surface area contributed by atoms with Crippen LogP contribution in [0.4, 0.5) is 5.69 Å². The number of nitrogens with zero attached hydrogens (tertiary/aromatic N) is 2. The molecule has 0 spiro atoms. The van der Waals surface area contributed by atoms with E-state index in [1.54, 1.807) is 4.90 Å². The fourth-order valence-electron chi connectivity index (χ4n) is 3.01. The first-order chi connectivity index (χ1) is 12.3. The number of hydrogen-bond acceptors (Lipinski definition) is 4. The van der Waals surface area contributed by atoms with Crippen LogP contribution in [-0.4, -0.2) is 34.4 Å². The number of hydrogen-bond donors (Lipinski definition) is 0. The maximum Gasteiger partial charge on any atom is 0.270 e. The number of benzene rings is 2. The fourth-order valence-corrected chi connectivity index (χ4v) is 3.74. The first-order valence-corrected chi connectivity index (χ1v) is 9.30. The van der Waals surface area contributed by atoms with Crippen molar-refractivity contribution in [1.29, 1.82) is 0 Å². The molecule has 1 aliphatic heterocycles. The van der Waals surface area contributed by atoms with E-state index in [4.69, 9.17) is 4.74 Å². The summed E-state index contributed by atoms with van der Waals surface area (Å²) in [5.41, 5.74) is 1.01. The first kappa shape index (κ1) is 18.8. The Morgan fingerprint density at radius 2 is 1.96 bits per heavy atom. The van der Waals surface area contributed by atoms with Crippen LogP contribution in [0.3, 0.4) is 0 Å². The summed E-state index contributed by atoms with van der Waals surface area (Å²) in [6.07, 6.45) is -0.191. The number of carbonyl (C=O) groups excluding carboxylic acids is 1. The second kappa shape index (κ2) is 7.32. The van der Waals surface area contributed by atoms with Crippen LogP contribution in [0.2, 0.25) is 0 Å². The van der Waals surface area contributed by atoms with Gasteiger partial charge in [-0.05, 0) is 48.1 Å². The molecule has 0 saturated carbocycles. The molecular formula is C19H19IN2O4. The SMILES string of the molecule is CC1(C)COC(c2ccccc2)CN1C(=O)c1ccc([N+](=O)[O-])cc1I. The zero-order chi connectivity index (χ0) is 18.9. The molecule has 7 heteroatoms. The quantitative estimate of drug-likeness (QED) is 0.387. The van der Waals surface area contributed by atoms with Crippen LogP contribution in [0, 0.1) is 13.7 Å². The van der Waals surface area contributed by atoms with Crippen LogP contribution in [0.5, 0.6) is 0 Å². The third kappa shape index (κ3) is 3.73. The van der Waals surface area contributed by atoms with Crippen molar-refractivity contribution in [3.8, 4) is 0 Å². The largest absolute Gasteiger partial charge is 0.369 e.